The van der Waals surface area contributed by atoms with Gasteiger partial charge in [-0.1, -0.05) is 6.92 Å². The normalized spacial score (nSPS) is 36.7. The van der Waals surface area contributed by atoms with Crippen molar-refractivity contribution in [3.63, 3.8) is 0 Å². The van der Waals surface area contributed by atoms with E-state index in [4.69, 9.17) is 5.11 Å². The van der Waals surface area contributed by atoms with Crippen LogP contribution < -0.4 is 0 Å². The molecule has 0 aromatic carbocycles. The predicted octanol–water partition coefficient (Wildman–Crippen LogP) is 2.13. The maximum Gasteiger partial charge on any atom is 0.306 e. The number of rotatable bonds is 2. The minimum Gasteiger partial charge on any atom is -0.481 e. The Kier molecular flexibility index (Phi) is 3.93. The summed E-state index contributed by atoms with van der Waals surface area (Å²) in [5.74, 6) is -0.363. The van der Waals surface area contributed by atoms with Crippen molar-refractivity contribution in [2.45, 2.75) is 52.0 Å². The van der Waals surface area contributed by atoms with E-state index < -0.39 is 5.97 Å². The summed E-state index contributed by atoms with van der Waals surface area (Å²) in [6, 6.07) is 0.301. The van der Waals surface area contributed by atoms with Gasteiger partial charge in [0.2, 0.25) is 5.91 Å². The minimum absolute atomic E-state index is 0.0566. The van der Waals surface area contributed by atoms with E-state index in [1.807, 2.05) is 4.90 Å². The molecule has 2 rings (SSSR count). The van der Waals surface area contributed by atoms with Crippen LogP contribution in [0.4, 0.5) is 0 Å². The Balaban J connectivity index is 1.97. The summed E-state index contributed by atoms with van der Waals surface area (Å²) < 4.78 is 0. The first-order chi connectivity index (χ1) is 8.50. The van der Waals surface area contributed by atoms with Crippen LogP contribution in [0.3, 0.4) is 0 Å². The summed E-state index contributed by atoms with van der Waals surface area (Å²) in [5.41, 5.74) is 0. The van der Waals surface area contributed by atoms with Gasteiger partial charge in [0, 0.05) is 18.5 Å². The Morgan fingerprint density at radius 2 is 1.78 bits per heavy atom. The van der Waals surface area contributed by atoms with Crippen LogP contribution in [-0.4, -0.2) is 34.5 Å². The summed E-state index contributed by atoms with van der Waals surface area (Å²) in [5, 5.41) is 8.99. The first-order valence-corrected chi connectivity index (χ1v) is 7.04. The third-order valence-electron chi connectivity index (χ3n) is 4.79. The van der Waals surface area contributed by atoms with Gasteiger partial charge in [0.25, 0.3) is 0 Å². The molecule has 4 nitrogen and oxygen atoms in total. The zero-order valence-electron chi connectivity index (χ0n) is 11.3. The molecule has 1 aliphatic heterocycles. The van der Waals surface area contributed by atoms with Crippen LogP contribution in [-0.2, 0) is 9.59 Å². The van der Waals surface area contributed by atoms with Crippen molar-refractivity contribution in [1.82, 2.24) is 4.90 Å². The smallest absolute Gasteiger partial charge is 0.306 e. The molecule has 0 aromatic heterocycles. The standard InChI is InChI=1S/C14H23NO3/c1-9-4-3-7-15(10(9)2)13(16)11-5-6-12(8-11)14(17)18/h9-12H,3-8H2,1-2H3,(H,17,18). The van der Waals surface area contributed by atoms with E-state index in [1.165, 1.54) is 6.42 Å². The molecular formula is C14H23NO3. The summed E-state index contributed by atoms with van der Waals surface area (Å²) in [6.45, 7) is 5.16. The van der Waals surface area contributed by atoms with Crippen molar-refractivity contribution in [3.05, 3.63) is 0 Å². The molecule has 2 fully saturated rings. The molecule has 0 radical (unpaired) electrons. The Morgan fingerprint density at radius 3 is 2.39 bits per heavy atom. The number of nitrogens with zero attached hydrogens (tertiary/aromatic N) is 1. The van der Waals surface area contributed by atoms with E-state index in [-0.39, 0.29) is 17.7 Å². The van der Waals surface area contributed by atoms with E-state index >= 15 is 0 Å². The average Bonchev–Trinajstić information content (AvgIpc) is 2.81. The summed E-state index contributed by atoms with van der Waals surface area (Å²) in [6.07, 6.45) is 4.20. The lowest BCUT2D eigenvalue weighted by molar-refractivity contribution is -0.142. The summed E-state index contributed by atoms with van der Waals surface area (Å²) >= 11 is 0. The lowest BCUT2D eigenvalue weighted by Gasteiger charge is -2.39. The molecule has 1 saturated heterocycles. The summed E-state index contributed by atoms with van der Waals surface area (Å²) in [7, 11) is 0. The van der Waals surface area contributed by atoms with Gasteiger partial charge in [0.1, 0.15) is 0 Å². The van der Waals surface area contributed by atoms with Gasteiger partial charge in [-0.25, -0.2) is 0 Å². The zero-order valence-corrected chi connectivity index (χ0v) is 11.3. The molecule has 1 saturated carbocycles. The Bertz CT molecular complexity index is 342. The molecule has 18 heavy (non-hydrogen) atoms. The highest BCUT2D eigenvalue weighted by molar-refractivity contribution is 5.81. The van der Waals surface area contributed by atoms with Crippen LogP contribution in [0.2, 0.25) is 0 Å². The molecular weight excluding hydrogens is 230 g/mol. The monoisotopic (exact) mass is 253 g/mol. The van der Waals surface area contributed by atoms with Crippen LogP contribution >= 0.6 is 0 Å². The number of amides is 1. The van der Waals surface area contributed by atoms with Gasteiger partial charge in [0.15, 0.2) is 0 Å². The number of likely N-dealkylation sites (tertiary alicyclic amines) is 1. The van der Waals surface area contributed by atoms with Gasteiger partial charge >= 0.3 is 5.97 Å². The zero-order chi connectivity index (χ0) is 13.3. The molecule has 4 unspecified atom stereocenters. The van der Waals surface area contributed by atoms with Gasteiger partial charge in [-0.05, 0) is 44.9 Å². The minimum atomic E-state index is -0.745. The number of piperidine rings is 1. The fourth-order valence-electron chi connectivity index (χ4n) is 3.31. The van der Waals surface area contributed by atoms with E-state index in [1.54, 1.807) is 0 Å². The molecule has 4 atom stereocenters. The van der Waals surface area contributed by atoms with Gasteiger partial charge < -0.3 is 10.0 Å². The Labute approximate surface area is 108 Å². The molecule has 2 aliphatic rings. The Hall–Kier alpha value is -1.06. The van der Waals surface area contributed by atoms with Crippen molar-refractivity contribution in [1.29, 1.82) is 0 Å². The molecule has 102 valence electrons. The van der Waals surface area contributed by atoms with Gasteiger partial charge in [-0.3, -0.25) is 9.59 Å². The van der Waals surface area contributed by atoms with E-state index in [9.17, 15) is 9.59 Å². The highest BCUT2D eigenvalue weighted by Crippen LogP contribution is 2.34. The third-order valence-corrected chi connectivity index (χ3v) is 4.79. The second-order valence-electron chi connectivity index (χ2n) is 5.94. The second kappa shape index (κ2) is 5.29. The van der Waals surface area contributed by atoms with Crippen molar-refractivity contribution in [2.24, 2.45) is 17.8 Å². The third kappa shape index (κ3) is 2.52. The SMILES string of the molecule is CC1CCCN(C(=O)C2CCC(C(=O)O)C2)C1C. The number of hydrogen-bond donors (Lipinski definition) is 1. The van der Waals surface area contributed by atoms with E-state index in [0.29, 0.717) is 24.8 Å². The number of aliphatic carboxylic acids is 1. The van der Waals surface area contributed by atoms with Gasteiger partial charge in [0.05, 0.1) is 5.92 Å². The first-order valence-electron chi connectivity index (χ1n) is 7.04. The topological polar surface area (TPSA) is 57.6 Å². The molecule has 0 aromatic rings. The largest absolute Gasteiger partial charge is 0.481 e. The number of hydrogen-bond acceptors (Lipinski definition) is 2. The van der Waals surface area contributed by atoms with Crippen molar-refractivity contribution in [3.8, 4) is 0 Å². The molecule has 1 heterocycles. The fraction of sp³-hybridized carbons (Fsp3) is 0.857. The number of carboxylic acid groups (broad SMARTS) is 1. The molecule has 0 bridgehead atoms. The molecule has 1 N–H and O–H groups in total. The van der Waals surface area contributed by atoms with E-state index in [0.717, 1.165) is 19.4 Å². The number of carboxylic acids is 1. The number of carbonyl (C=O) groups is 2. The fourth-order valence-corrected chi connectivity index (χ4v) is 3.31. The average molecular weight is 253 g/mol. The van der Waals surface area contributed by atoms with Crippen molar-refractivity contribution < 1.29 is 14.7 Å². The van der Waals surface area contributed by atoms with Crippen molar-refractivity contribution >= 4 is 11.9 Å². The highest BCUT2D eigenvalue weighted by atomic mass is 16.4. The van der Waals surface area contributed by atoms with Crippen LogP contribution in [0.5, 0.6) is 0 Å². The van der Waals surface area contributed by atoms with Crippen LogP contribution in [0.15, 0.2) is 0 Å². The molecule has 1 amide bonds. The number of carbonyl (C=O) groups excluding carboxylic acids is 1. The van der Waals surface area contributed by atoms with Crippen LogP contribution in [0.25, 0.3) is 0 Å². The first kappa shape index (κ1) is 13.4. The van der Waals surface area contributed by atoms with Crippen LogP contribution in [0, 0.1) is 17.8 Å². The van der Waals surface area contributed by atoms with Crippen LogP contribution in [0.1, 0.15) is 46.0 Å². The Morgan fingerprint density at radius 1 is 1.11 bits per heavy atom. The van der Waals surface area contributed by atoms with Crippen molar-refractivity contribution in [2.75, 3.05) is 6.54 Å². The summed E-state index contributed by atoms with van der Waals surface area (Å²) in [4.78, 5) is 25.4. The maximum atomic E-state index is 12.5. The van der Waals surface area contributed by atoms with Gasteiger partial charge in [-0.2, -0.15) is 0 Å². The highest BCUT2D eigenvalue weighted by Gasteiger charge is 2.38. The second-order valence-corrected chi connectivity index (χ2v) is 5.94. The maximum absolute atomic E-state index is 12.5. The molecule has 0 spiro atoms. The van der Waals surface area contributed by atoms with E-state index in [2.05, 4.69) is 13.8 Å². The molecule has 4 heteroatoms. The molecule has 1 aliphatic carbocycles. The quantitative estimate of drug-likeness (QED) is 0.820. The lowest BCUT2D eigenvalue weighted by atomic mass is 9.90. The van der Waals surface area contributed by atoms with Gasteiger partial charge in [-0.15, -0.1) is 0 Å². The predicted molar refractivity (Wildman–Crippen MR) is 68.0 cm³/mol. The lowest BCUT2D eigenvalue weighted by Crippen LogP contribution is -2.48.